The molecular weight excluding hydrogens is 349 g/mol. The van der Waals surface area contributed by atoms with Gasteiger partial charge in [-0.25, -0.2) is 9.37 Å². The summed E-state index contributed by atoms with van der Waals surface area (Å²) >= 11 is 0. The molecule has 0 fully saturated rings. The Kier molecular flexibility index (Phi) is 5.51. The maximum atomic E-state index is 13.2. The predicted molar refractivity (Wildman–Crippen MR) is 101 cm³/mol. The van der Waals surface area contributed by atoms with Gasteiger partial charge >= 0.3 is 0 Å². The number of anilines is 3. The molecular formula is C20H18FN3O3. The van der Waals surface area contributed by atoms with Crippen molar-refractivity contribution >= 4 is 23.1 Å². The van der Waals surface area contributed by atoms with Crippen molar-refractivity contribution in [3.8, 4) is 11.5 Å². The number of nitrogens with zero attached hydrogens (tertiary/aromatic N) is 1. The van der Waals surface area contributed by atoms with E-state index < -0.39 is 0 Å². The van der Waals surface area contributed by atoms with Crippen molar-refractivity contribution in [3.05, 3.63) is 72.2 Å². The van der Waals surface area contributed by atoms with Crippen LogP contribution < -0.4 is 20.1 Å². The van der Waals surface area contributed by atoms with Gasteiger partial charge in [-0.1, -0.05) is 6.07 Å². The predicted octanol–water partition coefficient (Wildman–Crippen LogP) is 4.23. The van der Waals surface area contributed by atoms with Crippen LogP contribution in [-0.2, 0) is 0 Å². The number of aromatic nitrogens is 1. The van der Waals surface area contributed by atoms with E-state index in [-0.39, 0.29) is 11.7 Å². The molecule has 0 spiro atoms. The average molecular weight is 367 g/mol. The molecule has 0 saturated carbocycles. The first-order valence-corrected chi connectivity index (χ1v) is 8.11. The van der Waals surface area contributed by atoms with E-state index in [1.807, 2.05) is 0 Å². The van der Waals surface area contributed by atoms with E-state index in [2.05, 4.69) is 15.6 Å². The van der Waals surface area contributed by atoms with Crippen molar-refractivity contribution in [1.29, 1.82) is 0 Å². The van der Waals surface area contributed by atoms with Gasteiger partial charge in [-0.3, -0.25) is 4.79 Å². The minimum atomic E-state index is -0.327. The van der Waals surface area contributed by atoms with Crippen LogP contribution in [0.25, 0.3) is 0 Å². The van der Waals surface area contributed by atoms with Crippen molar-refractivity contribution in [2.24, 2.45) is 0 Å². The lowest BCUT2D eigenvalue weighted by molar-refractivity contribution is 0.102. The van der Waals surface area contributed by atoms with E-state index >= 15 is 0 Å². The van der Waals surface area contributed by atoms with Crippen molar-refractivity contribution in [2.75, 3.05) is 24.9 Å². The fourth-order valence-electron chi connectivity index (χ4n) is 2.44. The monoisotopic (exact) mass is 367 g/mol. The van der Waals surface area contributed by atoms with Crippen molar-refractivity contribution in [2.45, 2.75) is 0 Å². The van der Waals surface area contributed by atoms with Gasteiger partial charge in [-0.15, -0.1) is 0 Å². The lowest BCUT2D eigenvalue weighted by atomic mass is 10.2. The van der Waals surface area contributed by atoms with Gasteiger partial charge in [0.05, 0.1) is 26.1 Å². The third-order valence-electron chi connectivity index (χ3n) is 3.76. The van der Waals surface area contributed by atoms with E-state index in [1.165, 1.54) is 26.4 Å². The first kappa shape index (κ1) is 18.2. The number of benzene rings is 2. The fourth-order valence-corrected chi connectivity index (χ4v) is 2.44. The molecule has 1 heterocycles. The van der Waals surface area contributed by atoms with Gasteiger partial charge < -0.3 is 20.1 Å². The molecule has 1 aromatic heterocycles. The summed E-state index contributed by atoms with van der Waals surface area (Å²) in [6.45, 7) is 0. The molecule has 2 aromatic carbocycles. The van der Waals surface area contributed by atoms with Crippen LogP contribution in [0, 0.1) is 5.82 Å². The van der Waals surface area contributed by atoms with Crippen LogP contribution >= 0.6 is 0 Å². The summed E-state index contributed by atoms with van der Waals surface area (Å²) in [4.78, 5) is 16.6. The summed E-state index contributed by atoms with van der Waals surface area (Å²) in [5, 5.41) is 5.75. The van der Waals surface area contributed by atoms with E-state index in [0.717, 1.165) is 0 Å². The Morgan fingerprint density at radius 1 is 0.963 bits per heavy atom. The Morgan fingerprint density at radius 2 is 1.78 bits per heavy atom. The van der Waals surface area contributed by atoms with E-state index in [1.54, 1.807) is 48.7 Å². The number of hydrogen-bond acceptors (Lipinski definition) is 5. The third kappa shape index (κ3) is 4.52. The number of nitrogens with one attached hydrogen (secondary N) is 2. The molecule has 0 unspecified atom stereocenters. The highest BCUT2D eigenvalue weighted by Gasteiger charge is 2.11. The SMILES string of the molecule is COc1ccc(C(=O)Nc2ccc(Nc3cccc(F)c3)cn2)cc1OC. The second-order valence-electron chi connectivity index (χ2n) is 5.59. The topological polar surface area (TPSA) is 72.5 Å². The zero-order valence-corrected chi connectivity index (χ0v) is 14.8. The minimum Gasteiger partial charge on any atom is -0.493 e. The number of ether oxygens (including phenoxy) is 2. The van der Waals surface area contributed by atoms with Crippen molar-refractivity contribution in [1.82, 2.24) is 4.98 Å². The normalized spacial score (nSPS) is 10.2. The van der Waals surface area contributed by atoms with Gasteiger partial charge in [0, 0.05) is 11.3 Å². The van der Waals surface area contributed by atoms with Crippen LogP contribution in [0.5, 0.6) is 11.5 Å². The quantitative estimate of drug-likeness (QED) is 0.682. The van der Waals surface area contributed by atoms with Crippen molar-refractivity contribution in [3.63, 3.8) is 0 Å². The van der Waals surface area contributed by atoms with Crippen LogP contribution in [0.2, 0.25) is 0 Å². The zero-order valence-electron chi connectivity index (χ0n) is 14.8. The van der Waals surface area contributed by atoms with Crippen LogP contribution in [-0.4, -0.2) is 25.1 Å². The number of pyridine rings is 1. The molecule has 138 valence electrons. The van der Waals surface area contributed by atoms with Gasteiger partial charge in [0.25, 0.3) is 5.91 Å². The molecule has 27 heavy (non-hydrogen) atoms. The summed E-state index contributed by atoms with van der Waals surface area (Å²) in [6, 6.07) is 14.4. The molecule has 0 atom stereocenters. The summed E-state index contributed by atoms with van der Waals surface area (Å²) in [7, 11) is 3.03. The van der Waals surface area contributed by atoms with Crippen LogP contribution in [0.4, 0.5) is 21.6 Å². The molecule has 2 N–H and O–H groups in total. The smallest absolute Gasteiger partial charge is 0.256 e. The lowest BCUT2D eigenvalue weighted by Crippen LogP contribution is -2.13. The Balaban J connectivity index is 1.68. The lowest BCUT2D eigenvalue weighted by Gasteiger charge is -2.10. The average Bonchev–Trinajstić information content (AvgIpc) is 2.69. The molecule has 0 aliphatic heterocycles. The van der Waals surface area contributed by atoms with Gasteiger partial charge in [-0.2, -0.15) is 0 Å². The number of methoxy groups -OCH3 is 2. The Labute approximate surface area is 156 Å². The molecule has 1 amide bonds. The number of carbonyl (C=O) groups excluding carboxylic acids is 1. The Morgan fingerprint density at radius 3 is 2.44 bits per heavy atom. The summed E-state index contributed by atoms with van der Waals surface area (Å²) in [6.07, 6.45) is 1.55. The first-order valence-electron chi connectivity index (χ1n) is 8.11. The van der Waals surface area contributed by atoms with E-state index in [4.69, 9.17) is 9.47 Å². The molecule has 0 saturated heterocycles. The van der Waals surface area contributed by atoms with Gasteiger partial charge in [0.15, 0.2) is 11.5 Å². The van der Waals surface area contributed by atoms with Crippen molar-refractivity contribution < 1.29 is 18.7 Å². The highest BCUT2D eigenvalue weighted by Crippen LogP contribution is 2.28. The number of rotatable bonds is 6. The third-order valence-corrected chi connectivity index (χ3v) is 3.76. The highest BCUT2D eigenvalue weighted by molar-refractivity contribution is 6.04. The second kappa shape index (κ2) is 8.18. The van der Waals surface area contributed by atoms with Gasteiger partial charge in [0.1, 0.15) is 11.6 Å². The summed E-state index contributed by atoms with van der Waals surface area (Å²) in [5.74, 6) is 0.744. The maximum absolute atomic E-state index is 13.2. The molecule has 0 aliphatic rings. The molecule has 3 aromatic rings. The number of carbonyl (C=O) groups is 1. The van der Waals surface area contributed by atoms with E-state index in [9.17, 15) is 9.18 Å². The van der Waals surface area contributed by atoms with Crippen LogP contribution in [0.1, 0.15) is 10.4 Å². The molecule has 0 radical (unpaired) electrons. The number of halogens is 1. The van der Waals surface area contributed by atoms with Gasteiger partial charge in [0.2, 0.25) is 0 Å². The first-order chi connectivity index (χ1) is 13.1. The molecule has 7 heteroatoms. The molecule has 0 aliphatic carbocycles. The second-order valence-corrected chi connectivity index (χ2v) is 5.59. The van der Waals surface area contributed by atoms with E-state index in [0.29, 0.717) is 34.3 Å². The minimum absolute atomic E-state index is 0.325. The number of amides is 1. The van der Waals surface area contributed by atoms with Gasteiger partial charge in [-0.05, 0) is 48.5 Å². The Hall–Kier alpha value is -3.61. The Bertz CT molecular complexity index is 945. The number of hydrogen-bond donors (Lipinski definition) is 2. The maximum Gasteiger partial charge on any atom is 0.256 e. The van der Waals surface area contributed by atoms with Crippen LogP contribution in [0.3, 0.4) is 0 Å². The van der Waals surface area contributed by atoms with Crippen LogP contribution in [0.15, 0.2) is 60.8 Å². The largest absolute Gasteiger partial charge is 0.493 e. The fraction of sp³-hybridized carbons (Fsp3) is 0.100. The molecule has 3 rings (SSSR count). The molecule has 6 nitrogen and oxygen atoms in total. The zero-order chi connectivity index (χ0) is 19.2. The summed E-state index contributed by atoms with van der Waals surface area (Å²) in [5.41, 5.74) is 1.69. The standard InChI is InChI=1S/C20H18FN3O3/c1-26-17-8-6-13(10-18(17)27-2)20(25)24-19-9-7-16(12-22-19)23-15-5-3-4-14(21)11-15/h3-12,23H,1-2H3,(H,22,24,25). The molecule has 0 bridgehead atoms. The summed E-state index contributed by atoms with van der Waals surface area (Å²) < 4.78 is 23.6. The highest BCUT2D eigenvalue weighted by atomic mass is 19.1.